The summed E-state index contributed by atoms with van der Waals surface area (Å²) in [5, 5.41) is 9.91. The van der Waals surface area contributed by atoms with Crippen LogP contribution in [0.25, 0.3) is 0 Å². The molecule has 1 aromatic rings. The molecule has 1 atom stereocenters. The van der Waals surface area contributed by atoms with Gasteiger partial charge in [0.05, 0.1) is 7.11 Å². The van der Waals surface area contributed by atoms with Gasteiger partial charge in [0.1, 0.15) is 6.10 Å². The Bertz CT molecular complexity index is 373. The summed E-state index contributed by atoms with van der Waals surface area (Å²) in [6, 6.07) is 1.80. The highest BCUT2D eigenvalue weighted by Gasteiger charge is 2.12. The van der Waals surface area contributed by atoms with E-state index in [9.17, 15) is 5.11 Å². The molecular weight excluding hydrogens is 258 g/mol. The maximum atomic E-state index is 9.91. The van der Waals surface area contributed by atoms with Crippen LogP contribution in [0.2, 0.25) is 0 Å². The van der Waals surface area contributed by atoms with Gasteiger partial charge in [-0.15, -0.1) is 0 Å². The first kappa shape index (κ1) is 12.2. The van der Waals surface area contributed by atoms with E-state index >= 15 is 0 Å². The lowest BCUT2D eigenvalue weighted by Gasteiger charge is -2.11. The highest BCUT2D eigenvalue weighted by atomic mass is 79.9. The summed E-state index contributed by atoms with van der Waals surface area (Å²) in [4.78, 5) is 4.07. The van der Waals surface area contributed by atoms with Crippen molar-refractivity contribution in [3.63, 3.8) is 0 Å². The van der Waals surface area contributed by atoms with E-state index in [1.807, 2.05) is 13.8 Å². The van der Waals surface area contributed by atoms with Gasteiger partial charge in [-0.1, -0.05) is 11.6 Å². The fraction of sp³-hybridized carbons (Fsp3) is 0.364. The lowest BCUT2D eigenvalue weighted by Crippen LogP contribution is -2.00. The smallest absolute Gasteiger partial charge is 0.219 e. The molecule has 0 saturated carbocycles. The van der Waals surface area contributed by atoms with E-state index in [-0.39, 0.29) is 0 Å². The van der Waals surface area contributed by atoms with E-state index < -0.39 is 6.10 Å². The number of hydrogen-bond acceptors (Lipinski definition) is 3. The first-order valence-corrected chi connectivity index (χ1v) is 5.36. The number of aromatic nitrogens is 1. The molecule has 0 radical (unpaired) electrons. The van der Waals surface area contributed by atoms with Gasteiger partial charge in [0, 0.05) is 16.2 Å². The molecule has 4 heteroatoms. The Labute approximate surface area is 97.9 Å². The summed E-state index contributed by atoms with van der Waals surface area (Å²) in [6.07, 6.45) is 2.71. The van der Waals surface area contributed by atoms with Gasteiger partial charge < -0.3 is 9.84 Å². The number of allylic oxidation sites excluding steroid dienone is 1. The van der Waals surface area contributed by atoms with Crippen molar-refractivity contribution in [3.05, 3.63) is 33.9 Å². The molecular formula is C11H14BrNO2. The van der Waals surface area contributed by atoms with Gasteiger partial charge in [-0.2, -0.15) is 0 Å². The van der Waals surface area contributed by atoms with Crippen LogP contribution in [0, 0.1) is 0 Å². The molecule has 0 fully saturated rings. The molecule has 0 aliphatic heterocycles. The minimum absolute atomic E-state index is 0.447. The second-order valence-corrected chi connectivity index (χ2v) is 4.36. The summed E-state index contributed by atoms with van der Waals surface area (Å²) in [5.41, 5.74) is 1.71. The average molecular weight is 272 g/mol. The van der Waals surface area contributed by atoms with Crippen LogP contribution in [-0.2, 0) is 0 Å². The van der Waals surface area contributed by atoms with Crippen molar-refractivity contribution in [2.75, 3.05) is 7.11 Å². The van der Waals surface area contributed by atoms with Crippen molar-refractivity contribution in [1.29, 1.82) is 0 Å². The summed E-state index contributed by atoms with van der Waals surface area (Å²) in [7, 11) is 1.54. The van der Waals surface area contributed by atoms with Gasteiger partial charge in [0.2, 0.25) is 5.88 Å². The van der Waals surface area contributed by atoms with Crippen molar-refractivity contribution in [2.24, 2.45) is 0 Å². The van der Waals surface area contributed by atoms with Crippen molar-refractivity contribution in [3.8, 4) is 5.88 Å². The first-order valence-electron chi connectivity index (χ1n) is 4.57. The van der Waals surface area contributed by atoms with Gasteiger partial charge >= 0.3 is 0 Å². The summed E-state index contributed by atoms with van der Waals surface area (Å²) < 4.78 is 5.90. The summed E-state index contributed by atoms with van der Waals surface area (Å²) in [5.74, 6) is 0.447. The number of ether oxygens (including phenoxy) is 1. The predicted molar refractivity (Wildman–Crippen MR) is 62.9 cm³/mol. The number of aliphatic hydroxyl groups excluding tert-OH is 1. The van der Waals surface area contributed by atoms with Crippen LogP contribution in [0.4, 0.5) is 0 Å². The molecule has 0 unspecified atom stereocenters. The molecule has 0 aromatic carbocycles. The zero-order valence-electron chi connectivity index (χ0n) is 8.99. The number of rotatable bonds is 3. The highest BCUT2D eigenvalue weighted by Crippen LogP contribution is 2.27. The fourth-order valence-electron chi connectivity index (χ4n) is 1.23. The number of halogens is 1. The number of aliphatic hydroxyl groups is 1. The second-order valence-electron chi connectivity index (χ2n) is 3.44. The van der Waals surface area contributed by atoms with Gasteiger partial charge in [0.15, 0.2) is 0 Å². The Kier molecular flexibility index (Phi) is 4.29. The van der Waals surface area contributed by atoms with Crippen molar-refractivity contribution >= 4 is 15.9 Å². The Hall–Kier alpha value is -0.870. The second kappa shape index (κ2) is 5.28. The van der Waals surface area contributed by atoms with Crippen LogP contribution in [0.5, 0.6) is 5.88 Å². The number of pyridine rings is 1. The van der Waals surface area contributed by atoms with Crippen molar-refractivity contribution in [1.82, 2.24) is 4.98 Å². The van der Waals surface area contributed by atoms with Gasteiger partial charge in [-0.3, -0.25) is 0 Å². The lowest BCUT2D eigenvalue weighted by atomic mass is 10.1. The predicted octanol–water partition coefficient (Wildman–Crippen LogP) is 2.85. The van der Waals surface area contributed by atoms with E-state index in [0.717, 1.165) is 10.0 Å². The molecule has 0 aliphatic rings. The monoisotopic (exact) mass is 271 g/mol. The third-order valence-electron chi connectivity index (χ3n) is 1.85. The number of methoxy groups -OCH3 is 1. The normalized spacial score (nSPS) is 12.1. The highest BCUT2D eigenvalue weighted by molar-refractivity contribution is 9.10. The number of nitrogens with zero attached hydrogens (tertiary/aromatic N) is 1. The molecule has 0 amide bonds. The van der Waals surface area contributed by atoms with Gasteiger partial charge in [-0.05, 0) is 35.8 Å². The largest absolute Gasteiger partial charge is 0.481 e. The molecule has 3 nitrogen and oxygen atoms in total. The Balaban J connectivity index is 3.11. The maximum absolute atomic E-state index is 9.91. The molecule has 82 valence electrons. The van der Waals surface area contributed by atoms with Crippen LogP contribution in [-0.4, -0.2) is 17.2 Å². The molecule has 0 spiro atoms. The summed E-state index contributed by atoms with van der Waals surface area (Å²) in [6.45, 7) is 3.86. The van der Waals surface area contributed by atoms with Crippen LogP contribution in [0.1, 0.15) is 25.5 Å². The van der Waals surface area contributed by atoms with E-state index in [2.05, 4.69) is 20.9 Å². The minimum Gasteiger partial charge on any atom is -0.481 e. The van der Waals surface area contributed by atoms with E-state index in [1.54, 1.807) is 18.3 Å². The van der Waals surface area contributed by atoms with Crippen LogP contribution in [0.15, 0.2) is 28.4 Å². The van der Waals surface area contributed by atoms with E-state index in [0.29, 0.717) is 11.4 Å². The molecule has 1 N–H and O–H groups in total. The van der Waals surface area contributed by atoms with Crippen molar-refractivity contribution < 1.29 is 9.84 Å². The van der Waals surface area contributed by atoms with Crippen molar-refractivity contribution in [2.45, 2.75) is 20.0 Å². The number of hydrogen-bond donors (Lipinski definition) is 1. The molecule has 0 saturated heterocycles. The first-order chi connectivity index (χ1) is 7.04. The fourth-order valence-corrected chi connectivity index (χ4v) is 1.58. The Morgan fingerprint density at radius 2 is 2.27 bits per heavy atom. The van der Waals surface area contributed by atoms with Crippen LogP contribution in [0.3, 0.4) is 0 Å². The quantitative estimate of drug-likeness (QED) is 0.860. The third-order valence-corrected chi connectivity index (χ3v) is 2.28. The zero-order valence-corrected chi connectivity index (χ0v) is 10.6. The summed E-state index contributed by atoms with van der Waals surface area (Å²) >= 11 is 3.31. The topological polar surface area (TPSA) is 42.4 Å². The Morgan fingerprint density at radius 3 is 2.80 bits per heavy atom. The molecule has 0 aliphatic carbocycles. The van der Waals surface area contributed by atoms with E-state index in [4.69, 9.17) is 4.74 Å². The molecule has 15 heavy (non-hydrogen) atoms. The van der Waals surface area contributed by atoms with Crippen LogP contribution < -0.4 is 4.74 Å². The standard InChI is InChI=1S/C11H14BrNO2/c1-7(2)4-10(14)9-5-8(12)6-13-11(9)15-3/h4-6,10,14H,1-3H3/t10-/m0/s1. The zero-order chi connectivity index (χ0) is 11.4. The lowest BCUT2D eigenvalue weighted by molar-refractivity contribution is 0.220. The third kappa shape index (κ3) is 3.32. The Morgan fingerprint density at radius 1 is 1.60 bits per heavy atom. The minimum atomic E-state index is -0.685. The van der Waals surface area contributed by atoms with E-state index in [1.165, 1.54) is 7.11 Å². The maximum Gasteiger partial charge on any atom is 0.219 e. The van der Waals surface area contributed by atoms with Crippen LogP contribution >= 0.6 is 15.9 Å². The molecule has 1 rings (SSSR count). The molecule has 0 bridgehead atoms. The average Bonchev–Trinajstić information content (AvgIpc) is 2.16. The molecule has 1 aromatic heterocycles. The SMILES string of the molecule is COc1ncc(Br)cc1[C@@H](O)C=C(C)C. The molecule has 1 heterocycles. The van der Waals surface area contributed by atoms with Gasteiger partial charge in [-0.25, -0.2) is 4.98 Å². The van der Waals surface area contributed by atoms with Gasteiger partial charge in [0.25, 0.3) is 0 Å².